The number of hydrogen-bond acceptors (Lipinski definition) is 4. The molecule has 27 heavy (non-hydrogen) atoms. The number of piperidine rings is 1. The minimum Gasteiger partial charge on any atom is -0.465 e. The third-order valence-corrected chi connectivity index (χ3v) is 4.91. The number of alkyl halides is 3. The van der Waals surface area contributed by atoms with Gasteiger partial charge in [-0.2, -0.15) is 13.2 Å². The van der Waals surface area contributed by atoms with Crippen LogP contribution in [-0.2, 0) is 10.9 Å². The van der Waals surface area contributed by atoms with E-state index in [1.165, 1.54) is 4.90 Å². The second-order valence-electron chi connectivity index (χ2n) is 6.52. The molecule has 0 bridgehead atoms. The highest BCUT2D eigenvalue weighted by molar-refractivity contribution is 5.90. The SMILES string of the molecule is CCC(Nc1cc(C(=O)OC)ccc1C(F)(F)F)C1CCN(C(=O)O)CC1. The van der Waals surface area contributed by atoms with Crippen molar-refractivity contribution in [3.8, 4) is 0 Å². The molecule has 1 saturated heterocycles. The summed E-state index contributed by atoms with van der Waals surface area (Å²) in [6.07, 6.45) is -3.86. The maximum absolute atomic E-state index is 13.4. The molecule has 0 spiro atoms. The number of benzene rings is 1. The van der Waals surface area contributed by atoms with Crippen molar-refractivity contribution in [1.29, 1.82) is 0 Å². The van der Waals surface area contributed by atoms with Crippen LogP contribution in [0.5, 0.6) is 0 Å². The van der Waals surface area contributed by atoms with Gasteiger partial charge in [0.15, 0.2) is 0 Å². The number of esters is 1. The first-order chi connectivity index (χ1) is 12.7. The number of nitrogens with one attached hydrogen (secondary N) is 1. The van der Waals surface area contributed by atoms with Crippen molar-refractivity contribution in [1.82, 2.24) is 4.90 Å². The second-order valence-corrected chi connectivity index (χ2v) is 6.52. The van der Waals surface area contributed by atoms with Gasteiger partial charge in [0.2, 0.25) is 0 Å². The summed E-state index contributed by atoms with van der Waals surface area (Å²) in [4.78, 5) is 24.0. The first-order valence-corrected chi connectivity index (χ1v) is 8.71. The molecule has 1 heterocycles. The minimum atomic E-state index is -4.57. The fourth-order valence-corrected chi connectivity index (χ4v) is 3.40. The smallest absolute Gasteiger partial charge is 0.418 e. The van der Waals surface area contributed by atoms with Crippen LogP contribution in [0.3, 0.4) is 0 Å². The Morgan fingerprint density at radius 1 is 1.33 bits per heavy atom. The predicted molar refractivity (Wildman–Crippen MR) is 92.8 cm³/mol. The van der Waals surface area contributed by atoms with Crippen molar-refractivity contribution in [3.63, 3.8) is 0 Å². The second kappa shape index (κ2) is 8.49. The van der Waals surface area contributed by atoms with Gasteiger partial charge in [0, 0.05) is 24.8 Å². The Balaban J connectivity index is 2.24. The van der Waals surface area contributed by atoms with Gasteiger partial charge in [-0.3, -0.25) is 0 Å². The normalized spacial score (nSPS) is 16.7. The lowest BCUT2D eigenvalue weighted by Crippen LogP contribution is -2.42. The Morgan fingerprint density at radius 3 is 2.44 bits per heavy atom. The number of rotatable bonds is 5. The highest BCUT2D eigenvalue weighted by Crippen LogP contribution is 2.37. The number of likely N-dealkylation sites (tertiary alicyclic amines) is 1. The molecule has 0 aliphatic carbocycles. The maximum atomic E-state index is 13.4. The molecule has 6 nitrogen and oxygen atoms in total. The number of amides is 1. The molecule has 1 aromatic rings. The number of methoxy groups -OCH3 is 1. The lowest BCUT2D eigenvalue weighted by molar-refractivity contribution is -0.137. The van der Waals surface area contributed by atoms with E-state index in [0.29, 0.717) is 32.4 Å². The van der Waals surface area contributed by atoms with Crippen molar-refractivity contribution in [2.24, 2.45) is 5.92 Å². The lowest BCUT2D eigenvalue weighted by atomic mass is 9.87. The Labute approximate surface area is 155 Å². The average Bonchev–Trinajstić information content (AvgIpc) is 2.64. The third kappa shape index (κ3) is 5.05. The highest BCUT2D eigenvalue weighted by atomic mass is 19.4. The summed E-state index contributed by atoms with van der Waals surface area (Å²) >= 11 is 0. The molecule has 2 N–H and O–H groups in total. The average molecular weight is 388 g/mol. The first-order valence-electron chi connectivity index (χ1n) is 8.71. The summed E-state index contributed by atoms with van der Waals surface area (Å²) in [6, 6.07) is 2.85. The van der Waals surface area contributed by atoms with Crippen LogP contribution in [-0.4, -0.2) is 48.3 Å². The number of hydrogen-bond donors (Lipinski definition) is 2. The van der Waals surface area contributed by atoms with Gasteiger partial charge in [0.25, 0.3) is 0 Å². The van der Waals surface area contributed by atoms with E-state index < -0.39 is 23.8 Å². The molecule has 150 valence electrons. The molecule has 0 saturated carbocycles. The Hall–Kier alpha value is -2.45. The number of carboxylic acid groups (broad SMARTS) is 1. The summed E-state index contributed by atoms with van der Waals surface area (Å²) in [5, 5.41) is 12.0. The zero-order valence-electron chi connectivity index (χ0n) is 15.2. The van der Waals surface area contributed by atoms with Gasteiger partial charge in [-0.05, 0) is 43.4 Å². The van der Waals surface area contributed by atoms with E-state index >= 15 is 0 Å². The molecule has 0 radical (unpaired) electrons. The largest absolute Gasteiger partial charge is 0.465 e. The van der Waals surface area contributed by atoms with Crippen LogP contribution in [0, 0.1) is 5.92 Å². The van der Waals surface area contributed by atoms with E-state index in [0.717, 1.165) is 25.3 Å². The molecule has 2 rings (SSSR count). The summed E-state index contributed by atoms with van der Waals surface area (Å²) in [5.74, 6) is -0.678. The monoisotopic (exact) mass is 388 g/mol. The first kappa shape index (κ1) is 20.9. The molecule has 1 fully saturated rings. The van der Waals surface area contributed by atoms with Crippen LogP contribution in [0.4, 0.5) is 23.7 Å². The van der Waals surface area contributed by atoms with E-state index in [-0.39, 0.29) is 23.2 Å². The Bertz CT molecular complexity index is 686. The number of anilines is 1. The van der Waals surface area contributed by atoms with Gasteiger partial charge in [-0.15, -0.1) is 0 Å². The minimum absolute atomic E-state index is 0.0311. The lowest BCUT2D eigenvalue weighted by Gasteiger charge is -2.35. The third-order valence-electron chi connectivity index (χ3n) is 4.91. The van der Waals surface area contributed by atoms with Gasteiger partial charge < -0.3 is 20.1 Å². The molecule has 1 aliphatic rings. The predicted octanol–water partition coefficient (Wildman–Crippen LogP) is 4.07. The van der Waals surface area contributed by atoms with Crippen LogP contribution >= 0.6 is 0 Å². The summed E-state index contributed by atoms with van der Waals surface area (Å²) < 4.78 is 44.7. The molecule has 9 heteroatoms. The van der Waals surface area contributed by atoms with Crippen molar-refractivity contribution in [3.05, 3.63) is 29.3 Å². The van der Waals surface area contributed by atoms with Gasteiger partial charge in [0.1, 0.15) is 0 Å². The molecule has 0 aromatic heterocycles. The fourth-order valence-electron chi connectivity index (χ4n) is 3.40. The van der Waals surface area contributed by atoms with Crippen LogP contribution < -0.4 is 5.32 Å². The van der Waals surface area contributed by atoms with Crippen LogP contribution in [0.25, 0.3) is 0 Å². The summed E-state index contributed by atoms with van der Waals surface area (Å²) in [6.45, 7) is 2.57. The maximum Gasteiger partial charge on any atom is 0.418 e. The van der Waals surface area contributed by atoms with Gasteiger partial charge in [-0.1, -0.05) is 6.92 Å². The molecule has 1 amide bonds. The van der Waals surface area contributed by atoms with E-state index in [1.807, 2.05) is 6.92 Å². The number of carbonyl (C=O) groups excluding carboxylic acids is 1. The van der Waals surface area contributed by atoms with Crippen molar-refractivity contribution in [2.45, 2.75) is 38.4 Å². The number of halogens is 3. The van der Waals surface area contributed by atoms with E-state index in [9.17, 15) is 22.8 Å². The van der Waals surface area contributed by atoms with Gasteiger partial charge >= 0.3 is 18.2 Å². The topological polar surface area (TPSA) is 78.9 Å². The van der Waals surface area contributed by atoms with E-state index in [1.54, 1.807) is 0 Å². The molecule has 1 unspecified atom stereocenters. The van der Waals surface area contributed by atoms with Crippen molar-refractivity contribution >= 4 is 17.7 Å². The molecule has 1 aliphatic heterocycles. The summed E-state index contributed by atoms with van der Waals surface area (Å²) in [5.41, 5.74) is -0.988. The zero-order chi connectivity index (χ0) is 20.2. The molecular weight excluding hydrogens is 365 g/mol. The van der Waals surface area contributed by atoms with Crippen LogP contribution in [0.2, 0.25) is 0 Å². The van der Waals surface area contributed by atoms with E-state index in [2.05, 4.69) is 10.1 Å². The van der Waals surface area contributed by atoms with Gasteiger partial charge in [0.05, 0.1) is 18.2 Å². The van der Waals surface area contributed by atoms with Crippen molar-refractivity contribution < 1.29 is 32.6 Å². The summed E-state index contributed by atoms with van der Waals surface area (Å²) in [7, 11) is 1.16. The fraction of sp³-hybridized carbons (Fsp3) is 0.556. The quantitative estimate of drug-likeness (QED) is 0.744. The molecule has 1 aromatic carbocycles. The highest BCUT2D eigenvalue weighted by Gasteiger charge is 2.35. The zero-order valence-corrected chi connectivity index (χ0v) is 15.2. The van der Waals surface area contributed by atoms with Crippen LogP contribution in [0.15, 0.2) is 18.2 Å². The number of carbonyl (C=O) groups is 2. The Morgan fingerprint density at radius 2 is 1.96 bits per heavy atom. The van der Waals surface area contributed by atoms with Crippen LogP contribution in [0.1, 0.15) is 42.1 Å². The number of ether oxygens (including phenoxy) is 1. The van der Waals surface area contributed by atoms with Gasteiger partial charge in [-0.25, -0.2) is 9.59 Å². The standard InChI is InChI=1S/C18H23F3N2O4/c1-3-14(11-6-8-23(9-7-11)17(25)26)22-15-10-12(16(24)27-2)4-5-13(15)18(19,20)21/h4-5,10-11,14,22H,3,6-9H2,1-2H3,(H,25,26). The van der Waals surface area contributed by atoms with Crippen molar-refractivity contribution in [2.75, 3.05) is 25.5 Å². The van der Waals surface area contributed by atoms with E-state index in [4.69, 9.17) is 5.11 Å². The molecule has 1 atom stereocenters. The molecular formula is C18H23F3N2O4. The Kier molecular flexibility index (Phi) is 6.56. The number of nitrogens with zero attached hydrogens (tertiary/aromatic N) is 1.